The predicted octanol–water partition coefficient (Wildman–Crippen LogP) is 3.49. The zero-order chi connectivity index (χ0) is 23.3. The molecule has 2 aliphatic rings. The van der Waals surface area contributed by atoms with E-state index in [9.17, 15) is 22.4 Å². The van der Waals surface area contributed by atoms with Gasteiger partial charge in [-0.3, -0.25) is 9.78 Å². The molecule has 2 aliphatic heterocycles. The number of amides is 1. The number of hydrogen-bond donors (Lipinski definition) is 0. The summed E-state index contributed by atoms with van der Waals surface area (Å²) in [7, 11) is 0. The minimum Gasteiger partial charge on any atom is -0.371 e. The number of alkyl halides is 3. The van der Waals surface area contributed by atoms with Crippen LogP contribution in [0.4, 0.5) is 23.2 Å². The maximum atomic E-state index is 13.8. The van der Waals surface area contributed by atoms with E-state index in [1.54, 1.807) is 17.2 Å². The smallest absolute Gasteiger partial charge is 0.371 e. The molecule has 0 aliphatic carbocycles. The Morgan fingerprint density at radius 2 is 1.94 bits per heavy atom. The second kappa shape index (κ2) is 7.96. The molecule has 2 atom stereocenters. The number of fused-ring (bicyclic) bond motifs is 2. The summed E-state index contributed by atoms with van der Waals surface area (Å²) in [5, 5.41) is 7.67. The van der Waals surface area contributed by atoms with Crippen LogP contribution >= 0.6 is 0 Å². The van der Waals surface area contributed by atoms with E-state index < -0.39 is 12.0 Å². The highest BCUT2D eigenvalue weighted by Crippen LogP contribution is 2.34. The van der Waals surface area contributed by atoms with E-state index in [1.165, 1.54) is 12.1 Å². The van der Waals surface area contributed by atoms with E-state index in [-0.39, 0.29) is 49.0 Å². The third-order valence-corrected chi connectivity index (χ3v) is 6.56. The van der Waals surface area contributed by atoms with Crippen LogP contribution < -0.4 is 4.90 Å². The standard InChI is InChI=1S/C22H22F4N6O/c1-13-11-30(18-4-6-27-17-3-2-14(23)10-16(17)18)7-5-15(13)20(33)31-8-9-32-19(12-31)28-29-21(32)22(24,25)26/h2-4,6,10,13,15H,5,7-9,11-12H2,1H3/t13-,15+/m1/s1. The molecule has 1 aromatic carbocycles. The molecule has 2 aromatic heterocycles. The zero-order valence-corrected chi connectivity index (χ0v) is 17.9. The van der Waals surface area contributed by atoms with Crippen molar-refractivity contribution in [1.29, 1.82) is 0 Å². The lowest BCUT2D eigenvalue weighted by molar-refractivity contribution is -0.148. The van der Waals surface area contributed by atoms with Gasteiger partial charge in [-0.2, -0.15) is 13.2 Å². The Bertz CT molecular complexity index is 1210. The Labute approximate surface area is 187 Å². The largest absolute Gasteiger partial charge is 0.451 e. The number of carbonyl (C=O) groups excluding carboxylic acids is 1. The second-order valence-electron chi connectivity index (χ2n) is 8.66. The van der Waals surface area contributed by atoms with Crippen LogP contribution in [0.25, 0.3) is 10.9 Å². The molecular weight excluding hydrogens is 440 g/mol. The predicted molar refractivity (Wildman–Crippen MR) is 112 cm³/mol. The highest BCUT2D eigenvalue weighted by Gasteiger charge is 2.41. The van der Waals surface area contributed by atoms with Crippen molar-refractivity contribution in [2.45, 2.75) is 32.6 Å². The average Bonchev–Trinajstić information content (AvgIpc) is 3.22. The number of pyridine rings is 1. The molecule has 0 radical (unpaired) electrons. The number of rotatable bonds is 2. The average molecular weight is 462 g/mol. The van der Waals surface area contributed by atoms with Crippen molar-refractivity contribution in [2.24, 2.45) is 11.8 Å². The molecule has 1 fully saturated rings. The molecule has 0 saturated carbocycles. The Kier molecular flexibility index (Phi) is 5.21. The van der Waals surface area contributed by atoms with Crippen LogP contribution in [0.2, 0.25) is 0 Å². The summed E-state index contributed by atoms with van der Waals surface area (Å²) in [5.41, 5.74) is 1.58. The summed E-state index contributed by atoms with van der Waals surface area (Å²) in [6.07, 6.45) is -2.29. The first-order valence-electron chi connectivity index (χ1n) is 10.8. The van der Waals surface area contributed by atoms with E-state index in [0.717, 1.165) is 15.6 Å². The van der Waals surface area contributed by atoms with Crippen molar-refractivity contribution in [1.82, 2.24) is 24.6 Å². The number of hydrogen-bond acceptors (Lipinski definition) is 5. The number of anilines is 1. The van der Waals surface area contributed by atoms with Crippen molar-refractivity contribution in [3.8, 4) is 0 Å². The van der Waals surface area contributed by atoms with Crippen molar-refractivity contribution < 1.29 is 22.4 Å². The number of aromatic nitrogens is 4. The first-order valence-corrected chi connectivity index (χ1v) is 10.8. The van der Waals surface area contributed by atoms with E-state index in [4.69, 9.17) is 0 Å². The number of halogens is 4. The fraction of sp³-hybridized carbons (Fsp3) is 0.455. The van der Waals surface area contributed by atoms with Crippen LogP contribution in [-0.2, 0) is 24.1 Å². The van der Waals surface area contributed by atoms with Gasteiger partial charge in [0.15, 0.2) is 5.82 Å². The molecule has 3 aromatic rings. The van der Waals surface area contributed by atoms with Crippen LogP contribution in [0.3, 0.4) is 0 Å². The molecule has 0 unspecified atom stereocenters. The van der Waals surface area contributed by atoms with Crippen LogP contribution in [0, 0.1) is 17.7 Å². The quantitative estimate of drug-likeness (QED) is 0.546. The Morgan fingerprint density at radius 3 is 2.70 bits per heavy atom. The summed E-state index contributed by atoms with van der Waals surface area (Å²) < 4.78 is 54.1. The van der Waals surface area contributed by atoms with Gasteiger partial charge >= 0.3 is 6.18 Å². The van der Waals surface area contributed by atoms with Crippen molar-refractivity contribution in [2.75, 3.05) is 24.5 Å². The molecular formula is C22H22F4N6O. The molecule has 4 heterocycles. The summed E-state index contributed by atoms with van der Waals surface area (Å²) in [4.78, 5) is 21.3. The molecule has 1 saturated heterocycles. The third kappa shape index (κ3) is 3.89. The van der Waals surface area contributed by atoms with E-state index in [1.807, 2.05) is 13.0 Å². The maximum absolute atomic E-state index is 13.8. The number of benzene rings is 1. The first-order chi connectivity index (χ1) is 15.7. The lowest BCUT2D eigenvalue weighted by atomic mass is 9.85. The van der Waals surface area contributed by atoms with Gasteiger partial charge in [0, 0.05) is 49.4 Å². The number of carbonyl (C=O) groups is 1. The Morgan fingerprint density at radius 1 is 1.12 bits per heavy atom. The minimum atomic E-state index is -4.57. The molecule has 0 spiro atoms. The summed E-state index contributed by atoms with van der Waals surface area (Å²) in [6, 6.07) is 6.35. The van der Waals surface area contributed by atoms with Gasteiger partial charge in [0.1, 0.15) is 5.82 Å². The van der Waals surface area contributed by atoms with E-state index in [0.29, 0.717) is 25.0 Å². The summed E-state index contributed by atoms with van der Waals surface area (Å²) in [5.74, 6) is -1.52. The molecule has 174 valence electrons. The van der Waals surface area contributed by atoms with Crippen molar-refractivity contribution in [3.05, 3.63) is 47.9 Å². The third-order valence-electron chi connectivity index (χ3n) is 6.56. The molecule has 5 rings (SSSR count). The van der Waals surface area contributed by atoms with Gasteiger partial charge in [-0.15, -0.1) is 10.2 Å². The van der Waals surface area contributed by atoms with Gasteiger partial charge < -0.3 is 14.4 Å². The van der Waals surface area contributed by atoms with Gasteiger partial charge in [-0.1, -0.05) is 6.92 Å². The van der Waals surface area contributed by atoms with E-state index >= 15 is 0 Å². The number of piperidine rings is 1. The van der Waals surface area contributed by atoms with Gasteiger partial charge in [0.2, 0.25) is 11.7 Å². The monoisotopic (exact) mass is 462 g/mol. The lowest BCUT2D eigenvalue weighted by Crippen LogP contribution is -2.49. The lowest BCUT2D eigenvalue weighted by Gasteiger charge is -2.40. The fourth-order valence-electron chi connectivity index (χ4n) is 4.90. The molecule has 1 amide bonds. The molecule has 11 heteroatoms. The fourth-order valence-corrected chi connectivity index (χ4v) is 4.90. The highest BCUT2D eigenvalue weighted by molar-refractivity contribution is 5.91. The zero-order valence-electron chi connectivity index (χ0n) is 17.9. The normalized spacial score (nSPS) is 21.4. The minimum absolute atomic E-state index is 0.00792. The Balaban J connectivity index is 1.30. The molecule has 33 heavy (non-hydrogen) atoms. The van der Waals surface area contributed by atoms with Gasteiger partial charge in [0.25, 0.3) is 0 Å². The van der Waals surface area contributed by atoms with Gasteiger partial charge in [-0.05, 0) is 36.6 Å². The summed E-state index contributed by atoms with van der Waals surface area (Å²) >= 11 is 0. The topological polar surface area (TPSA) is 67.2 Å². The van der Waals surface area contributed by atoms with Crippen LogP contribution in [-0.4, -0.2) is 50.2 Å². The highest BCUT2D eigenvalue weighted by atomic mass is 19.4. The van der Waals surface area contributed by atoms with Crippen LogP contribution in [0.15, 0.2) is 30.5 Å². The Hall–Kier alpha value is -3.24. The van der Waals surface area contributed by atoms with Crippen molar-refractivity contribution in [3.63, 3.8) is 0 Å². The first kappa shape index (κ1) is 21.6. The molecule has 0 bridgehead atoms. The van der Waals surface area contributed by atoms with Gasteiger partial charge in [-0.25, -0.2) is 4.39 Å². The molecule has 7 nitrogen and oxygen atoms in total. The van der Waals surface area contributed by atoms with Gasteiger partial charge in [0.05, 0.1) is 12.1 Å². The number of nitrogens with zero attached hydrogens (tertiary/aromatic N) is 6. The van der Waals surface area contributed by atoms with Crippen LogP contribution in [0.1, 0.15) is 25.0 Å². The second-order valence-corrected chi connectivity index (χ2v) is 8.66. The van der Waals surface area contributed by atoms with Crippen molar-refractivity contribution >= 4 is 22.5 Å². The molecule has 0 N–H and O–H groups in total. The van der Waals surface area contributed by atoms with Crippen LogP contribution in [0.5, 0.6) is 0 Å². The SMILES string of the molecule is C[C@@H]1CN(c2ccnc3ccc(F)cc23)CC[C@@H]1C(=O)N1CCn2c(nnc2C(F)(F)F)C1. The van der Waals surface area contributed by atoms with E-state index in [2.05, 4.69) is 20.1 Å². The maximum Gasteiger partial charge on any atom is 0.451 e. The summed E-state index contributed by atoms with van der Waals surface area (Å²) in [6.45, 7) is 3.43.